The van der Waals surface area contributed by atoms with Crippen molar-refractivity contribution in [2.45, 2.75) is 25.0 Å². The lowest BCUT2D eigenvalue weighted by molar-refractivity contribution is -0.119. The molecule has 0 aliphatic heterocycles. The van der Waals surface area contributed by atoms with Crippen molar-refractivity contribution < 1.29 is 9.53 Å². The number of aromatic amines is 1. The van der Waals surface area contributed by atoms with Gasteiger partial charge in [0.1, 0.15) is 11.6 Å². The smallest absolute Gasteiger partial charge is 0.230 e. The summed E-state index contributed by atoms with van der Waals surface area (Å²) in [6, 6.07) is 7.57. The Morgan fingerprint density at radius 2 is 2.33 bits per heavy atom. The van der Waals surface area contributed by atoms with Gasteiger partial charge in [-0.3, -0.25) is 9.89 Å². The van der Waals surface area contributed by atoms with Gasteiger partial charge in [0.15, 0.2) is 0 Å². The molecule has 112 valence electrons. The number of H-pyrrole nitrogens is 1. The summed E-state index contributed by atoms with van der Waals surface area (Å²) in [6.45, 7) is 3.76. The summed E-state index contributed by atoms with van der Waals surface area (Å²) in [5.41, 5.74) is 1.00. The molecule has 1 aromatic heterocycles. The van der Waals surface area contributed by atoms with E-state index < -0.39 is 0 Å². The average Bonchev–Trinajstić information content (AvgIpc) is 2.91. The molecule has 1 heterocycles. The highest BCUT2D eigenvalue weighted by atomic mass is 32.2. The molecule has 0 aliphatic carbocycles. The largest absolute Gasteiger partial charge is 0.497 e. The molecule has 0 saturated carbocycles. The van der Waals surface area contributed by atoms with E-state index in [1.54, 1.807) is 7.11 Å². The number of hydrogen-bond donors (Lipinski definition) is 2. The number of benzene rings is 1. The predicted octanol–water partition coefficient (Wildman–Crippen LogP) is 2.09. The van der Waals surface area contributed by atoms with Gasteiger partial charge in [0.2, 0.25) is 11.1 Å². The van der Waals surface area contributed by atoms with Crippen LogP contribution < -0.4 is 10.1 Å². The lowest BCUT2D eigenvalue weighted by atomic mass is 10.1. The number of aromatic nitrogens is 3. The zero-order valence-electron chi connectivity index (χ0n) is 12.2. The lowest BCUT2D eigenvalue weighted by Crippen LogP contribution is -2.28. The highest BCUT2D eigenvalue weighted by Crippen LogP contribution is 2.19. The molecule has 2 rings (SSSR count). The van der Waals surface area contributed by atoms with Crippen LogP contribution in [0.15, 0.2) is 29.4 Å². The molecule has 1 aromatic carbocycles. The second kappa shape index (κ2) is 7.12. The number of ether oxygens (including phenoxy) is 1. The van der Waals surface area contributed by atoms with Crippen LogP contribution in [0.4, 0.5) is 0 Å². The second-order valence-corrected chi connectivity index (χ2v) is 5.50. The van der Waals surface area contributed by atoms with Crippen molar-refractivity contribution in [3.05, 3.63) is 35.7 Å². The molecule has 0 unspecified atom stereocenters. The number of carbonyl (C=O) groups excluding carboxylic acids is 1. The Hall–Kier alpha value is -2.02. The van der Waals surface area contributed by atoms with Crippen LogP contribution in [0.2, 0.25) is 0 Å². The third-order valence-electron chi connectivity index (χ3n) is 2.88. The number of thioether (sulfide) groups is 1. The monoisotopic (exact) mass is 306 g/mol. The number of amides is 1. The summed E-state index contributed by atoms with van der Waals surface area (Å²) in [6.07, 6.45) is 0. The fourth-order valence-corrected chi connectivity index (χ4v) is 2.45. The number of methoxy groups -OCH3 is 1. The van der Waals surface area contributed by atoms with Crippen LogP contribution >= 0.6 is 11.8 Å². The Labute approximate surface area is 127 Å². The SMILES string of the molecule is COc1cccc([C@@H](C)NC(=O)CSc2n[nH]c(C)n2)c1. The molecule has 1 atom stereocenters. The van der Waals surface area contributed by atoms with Crippen molar-refractivity contribution in [3.8, 4) is 5.75 Å². The first-order valence-corrected chi connectivity index (χ1v) is 7.52. The third-order valence-corrected chi connectivity index (χ3v) is 3.73. The maximum Gasteiger partial charge on any atom is 0.230 e. The summed E-state index contributed by atoms with van der Waals surface area (Å²) >= 11 is 1.30. The zero-order chi connectivity index (χ0) is 15.2. The van der Waals surface area contributed by atoms with Crippen molar-refractivity contribution in [1.82, 2.24) is 20.5 Å². The molecular weight excluding hydrogens is 288 g/mol. The quantitative estimate of drug-likeness (QED) is 0.799. The first-order chi connectivity index (χ1) is 10.1. The van der Waals surface area contributed by atoms with Crippen LogP contribution in [0.5, 0.6) is 5.75 Å². The molecule has 6 nitrogen and oxygen atoms in total. The molecule has 0 radical (unpaired) electrons. The van der Waals surface area contributed by atoms with E-state index >= 15 is 0 Å². The van der Waals surface area contributed by atoms with Gasteiger partial charge in [0.25, 0.3) is 0 Å². The maximum atomic E-state index is 11.9. The van der Waals surface area contributed by atoms with E-state index in [1.165, 1.54) is 11.8 Å². The fourth-order valence-electron chi connectivity index (χ4n) is 1.79. The molecule has 0 fully saturated rings. The summed E-state index contributed by atoms with van der Waals surface area (Å²) in [5.74, 6) is 1.74. The van der Waals surface area contributed by atoms with Crippen molar-refractivity contribution in [2.75, 3.05) is 12.9 Å². The van der Waals surface area contributed by atoms with E-state index in [0.29, 0.717) is 5.16 Å². The van der Waals surface area contributed by atoms with Gasteiger partial charge in [-0.2, -0.15) is 0 Å². The van der Waals surface area contributed by atoms with Crippen LogP contribution in [0.1, 0.15) is 24.4 Å². The second-order valence-electron chi connectivity index (χ2n) is 4.56. The van der Waals surface area contributed by atoms with Crippen LogP contribution in [0.25, 0.3) is 0 Å². The Morgan fingerprint density at radius 3 is 3.00 bits per heavy atom. The van der Waals surface area contributed by atoms with E-state index in [-0.39, 0.29) is 17.7 Å². The molecule has 2 aromatic rings. The average molecular weight is 306 g/mol. The predicted molar refractivity (Wildman–Crippen MR) is 81.4 cm³/mol. The van der Waals surface area contributed by atoms with Gasteiger partial charge in [-0.25, -0.2) is 4.98 Å². The molecule has 1 amide bonds. The van der Waals surface area contributed by atoms with Gasteiger partial charge in [-0.05, 0) is 31.5 Å². The number of carbonyl (C=O) groups is 1. The molecular formula is C14H18N4O2S. The van der Waals surface area contributed by atoms with Gasteiger partial charge in [0.05, 0.1) is 18.9 Å². The molecule has 0 saturated heterocycles. The van der Waals surface area contributed by atoms with Gasteiger partial charge < -0.3 is 10.1 Å². The Balaban J connectivity index is 1.86. The first-order valence-electron chi connectivity index (χ1n) is 6.53. The van der Waals surface area contributed by atoms with Crippen molar-refractivity contribution in [1.29, 1.82) is 0 Å². The van der Waals surface area contributed by atoms with Crippen LogP contribution in [-0.4, -0.2) is 34.0 Å². The Kier molecular flexibility index (Phi) is 5.21. The Bertz CT molecular complexity index is 615. The number of nitrogens with zero attached hydrogens (tertiary/aromatic N) is 2. The first kappa shape index (κ1) is 15.4. The summed E-state index contributed by atoms with van der Waals surface area (Å²) in [7, 11) is 1.62. The van der Waals surface area contributed by atoms with E-state index in [0.717, 1.165) is 17.1 Å². The topological polar surface area (TPSA) is 79.9 Å². The number of hydrogen-bond acceptors (Lipinski definition) is 5. The van der Waals surface area contributed by atoms with E-state index in [1.807, 2.05) is 38.1 Å². The molecule has 2 N–H and O–H groups in total. The molecule has 21 heavy (non-hydrogen) atoms. The zero-order valence-corrected chi connectivity index (χ0v) is 13.0. The van der Waals surface area contributed by atoms with E-state index in [4.69, 9.17) is 4.74 Å². The van der Waals surface area contributed by atoms with Crippen LogP contribution in [-0.2, 0) is 4.79 Å². The highest BCUT2D eigenvalue weighted by molar-refractivity contribution is 7.99. The summed E-state index contributed by atoms with van der Waals surface area (Å²) < 4.78 is 5.18. The molecule has 7 heteroatoms. The normalized spacial score (nSPS) is 12.0. The van der Waals surface area contributed by atoms with Gasteiger partial charge in [-0.1, -0.05) is 23.9 Å². The summed E-state index contributed by atoms with van der Waals surface area (Å²) in [4.78, 5) is 16.1. The van der Waals surface area contributed by atoms with Crippen molar-refractivity contribution in [3.63, 3.8) is 0 Å². The standard InChI is InChI=1S/C14H18N4O2S/c1-9(11-5-4-6-12(7-11)20-3)15-13(19)8-21-14-16-10(2)17-18-14/h4-7,9H,8H2,1-3H3,(H,15,19)(H,16,17,18)/t9-/m1/s1. The minimum absolute atomic E-state index is 0.0576. The Morgan fingerprint density at radius 1 is 1.52 bits per heavy atom. The van der Waals surface area contributed by atoms with Crippen molar-refractivity contribution >= 4 is 17.7 Å². The van der Waals surface area contributed by atoms with Crippen LogP contribution in [0.3, 0.4) is 0 Å². The molecule has 0 bridgehead atoms. The van der Waals surface area contributed by atoms with Crippen molar-refractivity contribution in [2.24, 2.45) is 0 Å². The lowest BCUT2D eigenvalue weighted by Gasteiger charge is -2.14. The number of nitrogens with one attached hydrogen (secondary N) is 2. The minimum atomic E-state index is -0.0814. The fraction of sp³-hybridized carbons (Fsp3) is 0.357. The van der Waals surface area contributed by atoms with Crippen LogP contribution in [0, 0.1) is 6.92 Å². The molecule has 0 spiro atoms. The number of rotatable bonds is 6. The number of aryl methyl sites for hydroxylation is 1. The van der Waals surface area contributed by atoms with Gasteiger partial charge in [-0.15, -0.1) is 5.10 Å². The minimum Gasteiger partial charge on any atom is -0.497 e. The van der Waals surface area contributed by atoms with Gasteiger partial charge in [0, 0.05) is 0 Å². The summed E-state index contributed by atoms with van der Waals surface area (Å²) in [5, 5.41) is 10.2. The third kappa shape index (κ3) is 4.49. The van der Waals surface area contributed by atoms with E-state index in [9.17, 15) is 4.79 Å². The van der Waals surface area contributed by atoms with Gasteiger partial charge >= 0.3 is 0 Å². The van der Waals surface area contributed by atoms with E-state index in [2.05, 4.69) is 20.5 Å². The molecule has 0 aliphatic rings. The maximum absolute atomic E-state index is 11.9. The highest BCUT2D eigenvalue weighted by Gasteiger charge is 2.11.